The van der Waals surface area contributed by atoms with Crippen LogP contribution in [0.2, 0.25) is 0 Å². The van der Waals surface area contributed by atoms with E-state index in [1.807, 2.05) is 54.1 Å². The van der Waals surface area contributed by atoms with Gasteiger partial charge in [0.25, 0.3) is 0 Å². The third-order valence-corrected chi connectivity index (χ3v) is 8.17. The smallest absolute Gasteiger partial charge is 0.320 e. The average Bonchev–Trinajstić information content (AvgIpc) is 3.62. The maximum atomic E-state index is 12.8. The minimum Gasteiger partial charge on any atom is -0.497 e. The number of methoxy groups -OCH3 is 2. The summed E-state index contributed by atoms with van der Waals surface area (Å²) < 4.78 is 18.6. The van der Waals surface area contributed by atoms with E-state index in [9.17, 15) is 10.1 Å². The lowest BCUT2D eigenvalue weighted by Crippen LogP contribution is -2.30. The lowest BCUT2D eigenvalue weighted by molar-refractivity contribution is -0.0246. The van der Waals surface area contributed by atoms with Crippen molar-refractivity contribution >= 4 is 22.8 Å². The zero-order valence-electron chi connectivity index (χ0n) is 23.9. The van der Waals surface area contributed by atoms with Crippen LogP contribution in [0.4, 0.5) is 10.6 Å². The molecule has 1 aliphatic carbocycles. The minimum atomic E-state index is -0.614. The second kappa shape index (κ2) is 11.4. The highest BCUT2D eigenvalue weighted by atomic mass is 16.5. The van der Waals surface area contributed by atoms with Crippen LogP contribution in [-0.2, 0) is 21.6 Å². The molecule has 2 N–H and O–H groups in total. The number of fused-ring (bicyclic) bond motifs is 1. The maximum Gasteiger partial charge on any atom is 0.320 e. The molecule has 0 bridgehead atoms. The van der Waals surface area contributed by atoms with Gasteiger partial charge in [0.2, 0.25) is 0 Å². The first-order valence-corrected chi connectivity index (χ1v) is 14.0. The summed E-state index contributed by atoms with van der Waals surface area (Å²) in [6.45, 7) is 3.41. The van der Waals surface area contributed by atoms with Gasteiger partial charge in [0.05, 0.1) is 36.7 Å². The van der Waals surface area contributed by atoms with Crippen molar-refractivity contribution in [3.8, 4) is 17.6 Å². The normalized spacial score (nSPS) is 21.5. The number of hydrogen-bond acceptors (Lipinski definition) is 8. The molecule has 1 saturated heterocycles. The Morgan fingerprint density at radius 2 is 2.02 bits per heavy atom. The van der Waals surface area contributed by atoms with Crippen LogP contribution in [0.25, 0.3) is 16.7 Å². The van der Waals surface area contributed by atoms with Crippen LogP contribution in [-0.4, -0.2) is 53.2 Å². The molecule has 0 spiro atoms. The largest absolute Gasteiger partial charge is 0.497 e. The van der Waals surface area contributed by atoms with Crippen LogP contribution in [0, 0.1) is 24.2 Å². The highest BCUT2D eigenvalue weighted by Gasteiger charge is 2.39. The molecule has 6 rings (SSSR count). The number of carbonyl (C=O) groups is 1. The third kappa shape index (κ3) is 5.26. The van der Waals surface area contributed by atoms with Crippen LogP contribution in [0.15, 0.2) is 48.7 Å². The zero-order chi connectivity index (χ0) is 29.3. The first-order chi connectivity index (χ1) is 20.4. The summed E-state index contributed by atoms with van der Waals surface area (Å²) in [4.78, 5) is 22.3. The van der Waals surface area contributed by atoms with Crippen molar-refractivity contribution in [2.24, 2.45) is 5.92 Å². The quantitative estimate of drug-likeness (QED) is 0.312. The molecule has 1 aliphatic heterocycles. The summed E-state index contributed by atoms with van der Waals surface area (Å²) in [7, 11) is 3.30. The van der Waals surface area contributed by atoms with E-state index in [0.717, 1.165) is 52.0 Å². The van der Waals surface area contributed by atoms with Crippen LogP contribution in [0.5, 0.6) is 5.75 Å². The van der Waals surface area contributed by atoms with E-state index in [0.29, 0.717) is 37.8 Å². The van der Waals surface area contributed by atoms with Gasteiger partial charge in [-0.15, -0.1) is 0 Å². The Hall–Kier alpha value is -4.53. The summed E-state index contributed by atoms with van der Waals surface area (Å²) in [5, 5.41) is 20.9. The van der Waals surface area contributed by atoms with Gasteiger partial charge < -0.3 is 19.5 Å². The van der Waals surface area contributed by atoms with Crippen molar-refractivity contribution in [2.75, 3.05) is 32.8 Å². The molecule has 216 valence electrons. The number of rotatable bonds is 8. The molecule has 2 fully saturated rings. The first-order valence-electron chi connectivity index (χ1n) is 14.0. The molecule has 0 unspecified atom stereocenters. The Morgan fingerprint density at radius 3 is 2.71 bits per heavy atom. The van der Waals surface area contributed by atoms with Crippen molar-refractivity contribution in [1.82, 2.24) is 25.1 Å². The monoisotopic (exact) mass is 567 g/mol. The number of aromatic nitrogens is 4. The molecule has 11 heteroatoms. The fourth-order valence-corrected chi connectivity index (χ4v) is 5.61. The Morgan fingerprint density at radius 1 is 1.21 bits per heavy atom. The van der Waals surface area contributed by atoms with Gasteiger partial charge in [0.1, 0.15) is 17.2 Å². The Labute approximate surface area is 243 Å². The van der Waals surface area contributed by atoms with Crippen molar-refractivity contribution in [2.45, 2.75) is 44.2 Å². The molecule has 0 radical (unpaired) electrons. The number of benzene rings is 1. The van der Waals surface area contributed by atoms with E-state index in [-0.39, 0.29) is 17.9 Å². The molecule has 42 heavy (non-hydrogen) atoms. The number of carbonyl (C=O) groups excluding carboxylic acids is 1. The van der Waals surface area contributed by atoms with E-state index >= 15 is 0 Å². The number of anilines is 1. The number of aryl methyl sites for hydroxylation is 1. The van der Waals surface area contributed by atoms with Crippen molar-refractivity contribution < 1.29 is 19.0 Å². The summed E-state index contributed by atoms with van der Waals surface area (Å²) in [5.41, 5.74) is 3.79. The van der Waals surface area contributed by atoms with Gasteiger partial charge in [-0.2, -0.15) is 10.4 Å². The number of amides is 2. The summed E-state index contributed by atoms with van der Waals surface area (Å²) in [5.74, 6) is 1.97. The predicted octanol–water partition coefficient (Wildman–Crippen LogP) is 4.73. The van der Waals surface area contributed by atoms with E-state index in [1.54, 1.807) is 20.4 Å². The number of ether oxygens (including phenoxy) is 3. The Kier molecular flexibility index (Phi) is 7.49. The van der Waals surface area contributed by atoms with Crippen LogP contribution in [0.3, 0.4) is 0 Å². The highest BCUT2D eigenvalue weighted by molar-refractivity contribution is 5.92. The molecule has 11 nitrogen and oxygen atoms in total. The number of nitriles is 1. The number of pyridine rings is 2. The van der Waals surface area contributed by atoms with Crippen LogP contribution >= 0.6 is 0 Å². The van der Waals surface area contributed by atoms with Crippen molar-refractivity contribution in [3.05, 3.63) is 71.2 Å². The topological polar surface area (TPSA) is 136 Å². The summed E-state index contributed by atoms with van der Waals surface area (Å²) in [6, 6.07) is 15.3. The van der Waals surface area contributed by atoms with Gasteiger partial charge in [-0.3, -0.25) is 5.32 Å². The SMILES string of the molecule is COc1ccc(CNC(=O)Nc2cc3c(cn2)c(C2CC(C#N)C2)nn3-c2cc(C)cc([C@]3(OC)CCOC3)n2)cc1. The highest BCUT2D eigenvalue weighted by Crippen LogP contribution is 2.43. The predicted molar refractivity (Wildman–Crippen MR) is 155 cm³/mol. The Bertz CT molecular complexity index is 1650. The zero-order valence-corrected chi connectivity index (χ0v) is 23.9. The molecular weight excluding hydrogens is 534 g/mol. The summed E-state index contributed by atoms with van der Waals surface area (Å²) >= 11 is 0. The van der Waals surface area contributed by atoms with Gasteiger partial charge in [0, 0.05) is 56.2 Å². The van der Waals surface area contributed by atoms with Gasteiger partial charge in [-0.05, 0) is 55.2 Å². The minimum absolute atomic E-state index is 0.0334. The molecule has 1 aromatic carbocycles. The Balaban J connectivity index is 1.32. The molecule has 4 aromatic rings. The molecule has 1 atom stereocenters. The molecule has 3 aromatic heterocycles. The number of urea groups is 1. The molecule has 1 saturated carbocycles. The van der Waals surface area contributed by atoms with E-state index in [1.165, 1.54) is 0 Å². The van der Waals surface area contributed by atoms with E-state index in [4.69, 9.17) is 24.3 Å². The standard InChI is InChI=1S/C31H33N7O4/c1-19-10-26(31(41-3)8-9-42-18-31)35-28(11-19)38-25-14-27(33-17-24(25)29(37-38)22-12-21(13-22)15-32)36-30(39)34-16-20-4-6-23(40-2)7-5-20/h4-7,10-11,14,17,21-22H,8-9,12-13,16,18H2,1-3H3,(H2,33,34,36,39)/t21?,22?,31-/m0/s1. The number of nitrogens with one attached hydrogen (secondary N) is 2. The second-order valence-electron chi connectivity index (χ2n) is 10.9. The van der Waals surface area contributed by atoms with E-state index in [2.05, 4.69) is 21.7 Å². The number of nitrogens with zero attached hydrogens (tertiary/aromatic N) is 5. The molecule has 2 amide bonds. The maximum absolute atomic E-state index is 12.8. The van der Waals surface area contributed by atoms with E-state index < -0.39 is 5.60 Å². The first kappa shape index (κ1) is 27.6. The summed E-state index contributed by atoms with van der Waals surface area (Å²) in [6.07, 6.45) is 3.97. The van der Waals surface area contributed by atoms with Crippen molar-refractivity contribution in [1.29, 1.82) is 5.26 Å². The average molecular weight is 568 g/mol. The molecular formula is C31H33N7O4. The van der Waals surface area contributed by atoms with Crippen LogP contribution < -0.4 is 15.4 Å². The third-order valence-electron chi connectivity index (χ3n) is 8.17. The fraction of sp³-hybridized carbons (Fsp3) is 0.387. The molecule has 2 aliphatic rings. The van der Waals surface area contributed by atoms with Gasteiger partial charge in [-0.1, -0.05) is 12.1 Å². The van der Waals surface area contributed by atoms with Gasteiger partial charge in [0.15, 0.2) is 5.82 Å². The second-order valence-corrected chi connectivity index (χ2v) is 10.9. The van der Waals surface area contributed by atoms with Gasteiger partial charge >= 0.3 is 6.03 Å². The number of hydrogen-bond donors (Lipinski definition) is 2. The lowest BCUT2D eigenvalue weighted by Gasteiger charge is -2.29. The van der Waals surface area contributed by atoms with Crippen LogP contribution in [0.1, 0.15) is 47.7 Å². The lowest BCUT2D eigenvalue weighted by atomic mass is 9.73. The molecule has 4 heterocycles. The van der Waals surface area contributed by atoms with Crippen molar-refractivity contribution in [3.63, 3.8) is 0 Å². The van der Waals surface area contributed by atoms with Gasteiger partial charge in [-0.25, -0.2) is 19.4 Å². The fourth-order valence-electron chi connectivity index (χ4n) is 5.61.